The van der Waals surface area contributed by atoms with Crippen LogP contribution >= 0.6 is 0 Å². The molecule has 1 atom stereocenters. The molecule has 1 saturated carbocycles. The quantitative estimate of drug-likeness (QED) is 0.771. The summed E-state index contributed by atoms with van der Waals surface area (Å²) in [6.07, 6.45) is 4.25. The van der Waals surface area contributed by atoms with Crippen molar-refractivity contribution >= 4 is 11.8 Å². The molecule has 0 bridgehead atoms. The molecule has 0 aromatic carbocycles. The summed E-state index contributed by atoms with van der Waals surface area (Å²) >= 11 is 0. The van der Waals surface area contributed by atoms with Crippen molar-refractivity contribution in [3.05, 3.63) is 0 Å². The van der Waals surface area contributed by atoms with Gasteiger partial charge in [0.15, 0.2) is 0 Å². The lowest BCUT2D eigenvalue weighted by Crippen LogP contribution is -2.58. The average Bonchev–Trinajstić information content (AvgIpc) is 3.00. The highest BCUT2D eigenvalue weighted by atomic mass is 16.5. The summed E-state index contributed by atoms with van der Waals surface area (Å²) < 4.78 is 5.22. The van der Waals surface area contributed by atoms with Gasteiger partial charge in [0.25, 0.3) is 0 Å². The molecule has 0 aromatic heterocycles. The van der Waals surface area contributed by atoms with Crippen LogP contribution in [0.15, 0.2) is 0 Å². The van der Waals surface area contributed by atoms with Crippen LogP contribution in [0.25, 0.3) is 0 Å². The molecule has 2 fully saturated rings. The molecule has 2 aliphatic rings. The monoisotopic (exact) mass is 254 g/mol. The molecule has 2 rings (SSSR count). The zero-order valence-corrected chi connectivity index (χ0v) is 11.0. The van der Waals surface area contributed by atoms with Crippen molar-refractivity contribution in [3.8, 4) is 0 Å². The molecule has 102 valence electrons. The Balaban J connectivity index is 2.01. The smallest absolute Gasteiger partial charge is 0.245 e. The SMILES string of the molecule is CCNC(=O)C1(NC(=O)[C@H]2CCOC2)CCCC1. The summed E-state index contributed by atoms with van der Waals surface area (Å²) in [7, 11) is 0. The van der Waals surface area contributed by atoms with Crippen LogP contribution in [0.4, 0.5) is 0 Å². The lowest BCUT2D eigenvalue weighted by molar-refractivity contribution is -0.135. The Morgan fingerprint density at radius 2 is 2.06 bits per heavy atom. The third-order valence-corrected chi connectivity index (χ3v) is 3.89. The Hall–Kier alpha value is -1.10. The van der Waals surface area contributed by atoms with Crippen LogP contribution in [0.2, 0.25) is 0 Å². The number of rotatable bonds is 4. The maximum absolute atomic E-state index is 12.2. The zero-order chi connectivity index (χ0) is 13.0. The van der Waals surface area contributed by atoms with E-state index in [9.17, 15) is 9.59 Å². The van der Waals surface area contributed by atoms with Gasteiger partial charge < -0.3 is 15.4 Å². The predicted molar refractivity (Wildman–Crippen MR) is 67.0 cm³/mol. The molecule has 18 heavy (non-hydrogen) atoms. The minimum atomic E-state index is -0.671. The fraction of sp³-hybridized carbons (Fsp3) is 0.846. The topological polar surface area (TPSA) is 67.4 Å². The minimum absolute atomic E-state index is 0.0272. The molecule has 5 heteroatoms. The van der Waals surface area contributed by atoms with Crippen LogP contribution < -0.4 is 10.6 Å². The summed E-state index contributed by atoms with van der Waals surface area (Å²) in [6.45, 7) is 3.62. The molecule has 2 N–H and O–H groups in total. The molecule has 1 saturated heterocycles. The van der Waals surface area contributed by atoms with Gasteiger partial charge in [-0.1, -0.05) is 12.8 Å². The Labute approximate surface area is 108 Å². The third-order valence-electron chi connectivity index (χ3n) is 3.89. The first-order valence-corrected chi connectivity index (χ1v) is 6.86. The first-order valence-electron chi connectivity index (χ1n) is 6.86. The highest BCUT2D eigenvalue weighted by molar-refractivity contribution is 5.92. The molecule has 0 radical (unpaired) electrons. The van der Waals surface area contributed by atoms with Gasteiger partial charge in [0.1, 0.15) is 5.54 Å². The van der Waals surface area contributed by atoms with Crippen molar-refractivity contribution < 1.29 is 14.3 Å². The van der Waals surface area contributed by atoms with E-state index >= 15 is 0 Å². The van der Waals surface area contributed by atoms with Crippen molar-refractivity contribution in [2.24, 2.45) is 5.92 Å². The van der Waals surface area contributed by atoms with Gasteiger partial charge in [0.05, 0.1) is 12.5 Å². The number of ether oxygens (including phenoxy) is 1. The summed E-state index contributed by atoms with van der Waals surface area (Å²) in [5, 5.41) is 5.83. The van der Waals surface area contributed by atoms with E-state index in [0.717, 1.165) is 32.1 Å². The van der Waals surface area contributed by atoms with Crippen molar-refractivity contribution in [1.29, 1.82) is 0 Å². The van der Waals surface area contributed by atoms with Crippen molar-refractivity contribution in [2.75, 3.05) is 19.8 Å². The molecule has 2 amide bonds. The highest BCUT2D eigenvalue weighted by Crippen LogP contribution is 2.30. The van der Waals surface area contributed by atoms with E-state index in [-0.39, 0.29) is 17.7 Å². The van der Waals surface area contributed by atoms with Gasteiger partial charge in [-0.3, -0.25) is 9.59 Å². The lowest BCUT2D eigenvalue weighted by atomic mass is 9.94. The second-order valence-electron chi connectivity index (χ2n) is 5.20. The summed E-state index contributed by atoms with van der Waals surface area (Å²) in [6, 6.07) is 0. The normalized spacial score (nSPS) is 25.9. The van der Waals surface area contributed by atoms with Gasteiger partial charge in [0.2, 0.25) is 11.8 Å². The van der Waals surface area contributed by atoms with Crippen LogP contribution in [-0.4, -0.2) is 37.1 Å². The van der Waals surface area contributed by atoms with Crippen LogP contribution in [0, 0.1) is 5.92 Å². The molecule has 5 nitrogen and oxygen atoms in total. The molecule has 1 aliphatic carbocycles. The predicted octanol–water partition coefficient (Wildman–Crippen LogP) is 0.588. The molecule has 1 aliphatic heterocycles. The average molecular weight is 254 g/mol. The molecule has 0 aromatic rings. The van der Waals surface area contributed by atoms with Gasteiger partial charge in [-0.25, -0.2) is 0 Å². The molecular weight excluding hydrogens is 232 g/mol. The second kappa shape index (κ2) is 5.69. The van der Waals surface area contributed by atoms with Crippen molar-refractivity contribution in [1.82, 2.24) is 10.6 Å². The van der Waals surface area contributed by atoms with E-state index in [1.165, 1.54) is 0 Å². The summed E-state index contributed by atoms with van der Waals surface area (Å²) in [5.41, 5.74) is -0.671. The van der Waals surface area contributed by atoms with E-state index < -0.39 is 5.54 Å². The molecule has 0 spiro atoms. The number of amides is 2. The van der Waals surface area contributed by atoms with Gasteiger partial charge >= 0.3 is 0 Å². The first-order chi connectivity index (χ1) is 8.68. The summed E-state index contributed by atoms with van der Waals surface area (Å²) in [5.74, 6) is -0.146. The largest absolute Gasteiger partial charge is 0.381 e. The second-order valence-corrected chi connectivity index (χ2v) is 5.20. The molecule has 1 heterocycles. The first kappa shape index (κ1) is 13.3. The molecule has 0 unspecified atom stereocenters. The number of likely N-dealkylation sites (N-methyl/N-ethyl adjacent to an activating group) is 1. The fourth-order valence-electron chi connectivity index (χ4n) is 2.80. The van der Waals surface area contributed by atoms with E-state index in [2.05, 4.69) is 10.6 Å². The van der Waals surface area contributed by atoms with Gasteiger partial charge in [0, 0.05) is 13.2 Å². The Kier molecular flexibility index (Phi) is 4.22. The number of carbonyl (C=O) groups excluding carboxylic acids is 2. The highest BCUT2D eigenvalue weighted by Gasteiger charge is 2.43. The van der Waals surface area contributed by atoms with Crippen molar-refractivity contribution in [3.63, 3.8) is 0 Å². The van der Waals surface area contributed by atoms with E-state index in [1.54, 1.807) is 0 Å². The number of hydrogen-bond acceptors (Lipinski definition) is 3. The number of carbonyl (C=O) groups is 2. The maximum Gasteiger partial charge on any atom is 0.245 e. The van der Waals surface area contributed by atoms with Crippen LogP contribution in [-0.2, 0) is 14.3 Å². The third kappa shape index (κ3) is 2.66. The van der Waals surface area contributed by atoms with Gasteiger partial charge in [-0.2, -0.15) is 0 Å². The zero-order valence-electron chi connectivity index (χ0n) is 11.0. The van der Waals surface area contributed by atoms with Crippen molar-refractivity contribution in [2.45, 2.75) is 44.6 Å². The lowest BCUT2D eigenvalue weighted by Gasteiger charge is -2.29. The summed E-state index contributed by atoms with van der Waals surface area (Å²) in [4.78, 5) is 24.3. The van der Waals surface area contributed by atoms with E-state index in [1.807, 2.05) is 6.92 Å². The Morgan fingerprint density at radius 3 is 2.61 bits per heavy atom. The number of nitrogens with one attached hydrogen (secondary N) is 2. The Bertz CT molecular complexity index is 318. The van der Waals surface area contributed by atoms with Gasteiger partial charge in [-0.05, 0) is 26.2 Å². The van der Waals surface area contributed by atoms with Crippen LogP contribution in [0.3, 0.4) is 0 Å². The van der Waals surface area contributed by atoms with Crippen LogP contribution in [0.1, 0.15) is 39.0 Å². The fourth-order valence-corrected chi connectivity index (χ4v) is 2.80. The van der Waals surface area contributed by atoms with E-state index in [4.69, 9.17) is 4.74 Å². The van der Waals surface area contributed by atoms with Crippen LogP contribution in [0.5, 0.6) is 0 Å². The molecular formula is C13H22N2O3. The number of hydrogen-bond donors (Lipinski definition) is 2. The van der Waals surface area contributed by atoms with E-state index in [0.29, 0.717) is 19.8 Å². The van der Waals surface area contributed by atoms with Gasteiger partial charge in [-0.15, -0.1) is 0 Å². The minimum Gasteiger partial charge on any atom is -0.381 e. The Morgan fingerprint density at radius 1 is 1.33 bits per heavy atom. The standard InChI is InChI=1S/C13H22N2O3/c1-2-14-12(17)13(6-3-4-7-13)15-11(16)10-5-8-18-9-10/h10H,2-9H2,1H3,(H,14,17)(H,15,16)/t10-/m0/s1. The maximum atomic E-state index is 12.2.